The summed E-state index contributed by atoms with van der Waals surface area (Å²) in [7, 11) is 0. The Kier molecular flexibility index (Phi) is 3.68. The highest BCUT2D eigenvalue weighted by molar-refractivity contribution is 5.27. The van der Waals surface area contributed by atoms with Crippen LogP contribution in [0.3, 0.4) is 0 Å². The first-order valence-corrected chi connectivity index (χ1v) is 7.38. The standard InChI is InChI=1S/C16H21N3O2/c1-16(2)8-3-9-17-14(16)15-18-13(19-21-15)10-11-4-6-12(20)7-5-11/h4-7,14,17,20H,3,8-10H2,1-2H3. The van der Waals surface area contributed by atoms with Crippen LogP contribution in [0.15, 0.2) is 28.8 Å². The Morgan fingerprint density at radius 1 is 1.33 bits per heavy atom. The summed E-state index contributed by atoms with van der Waals surface area (Å²) in [6.45, 7) is 5.45. The monoisotopic (exact) mass is 287 g/mol. The number of aromatic nitrogens is 2. The van der Waals surface area contributed by atoms with Crippen molar-refractivity contribution >= 4 is 0 Å². The molecule has 1 unspecified atom stereocenters. The van der Waals surface area contributed by atoms with Crippen LogP contribution < -0.4 is 5.32 Å². The number of phenolic OH excluding ortho intramolecular Hbond substituents is 1. The summed E-state index contributed by atoms with van der Waals surface area (Å²) in [5.41, 5.74) is 1.18. The quantitative estimate of drug-likeness (QED) is 0.908. The molecule has 3 rings (SSSR count). The van der Waals surface area contributed by atoms with Gasteiger partial charge in [-0.15, -0.1) is 0 Å². The molecule has 1 saturated heterocycles. The summed E-state index contributed by atoms with van der Waals surface area (Å²) in [5, 5.41) is 16.9. The third-order valence-corrected chi connectivity index (χ3v) is 4.16. The first-order valence-electron chi connectivity index (χ1n) is 7.38. The normalized spacial score (nSPS) is 21.3. The molecule has 2 N–H and O–H groups in total. The Balaban J connectivity index is 1.75. The van der Waals surface area contributed by atoms with Gasteiger partial charge in [-0.05, 0) is 42.5 Å². The summed E-state index contributed by atoms with van der Waals surface area (Å²) < 4.78 is 5.46. The molecule has 21 heavy (non-hydrogen) atoms. The van der Waals surface area contributed by atoms with Crippen LogP contribution in [0.1, 0.15) is 50.0 Å². The van der Waals surface area contributed by atoms with Crippen molar-refractivity contribution < 1.29 is 9.63 Å². The van der Waals surface area contributed by atoms with Crippen molar-refractivity contribution in [1.29, 1.82) is 0 Å². The van der Waals surface area contributed by atoms with E-state index in [1.54, 1.807) is 12.1 Å². The number of nitrogens with one attached hydrogen (secondary N) is 1. The SMILES string of the molecule is CC1(C)CCCNC1c1nc(Cc2ccc(O)cc2)no1. The second-order valence-corrected chi connectivity index (χ2v) is 6.37. The first kappa shape index (κ1) is 14.1. The van der Waals surface area contributed by atoms with Crippen molar-refractivity contribution in [3.05, 3.63) is 41.5 Å². The Morgan fingerprint density at radius 2 is 2.10 bits per heavy atom. The molecule has 1 atom stereocenters. The van der Waals surface area contributed by atoms with Gasteiger partial charge >= 0.3 is 0 Å². The van der Waals surface area contributed by atoms with Crippen molar-refractivity contribution in [2.75, 3.05) is 6.54 Å². The van der Waals surface area contributed by atoms with E-state index in [1.165, 1.54) is 6.42 Å². The van der Waals surface area contributed by atoms with Gasteiger partial charge in [-0.1, -0.05) is 31.1 Å². The topological polar surface area (TPSA) is 71.2 Å². The third kappa shape index (κ3) is 3.08. The number of hydrogen-bond donors (Lipinski definition) is 2. The molecule has 1 aromatic heterocycles. The van der Waals surface area contributed by atoms with Crippen LogP contribution in [0, 0.1) is 5.41 Å². The molecule has 0 amide bonds. The van der Waals surface area contributed by atoms with Gasteiger partial charge in [0.1, 0.15) is 5.75 Å². The summed E-state index contributed by atoms with van der Waals surface area (Å²) >= 11 is 0. The molecule has 1 fully saturated rings. The van der Waals surface area contributed by atoms with Gasteiger partial charge in [0.15, 0.2) is 5.82 Å². The second kappa shape index (κ2) is 5.48. The van der Waals surface area contributed by atoms with Crippen LogP contribution in [0.2, 0.25) is 0 Å². The molecule has 0 bridgehead atoms. The average Bonchev–Trinajstić information content (AvgIpc) is 2.89. The number of nitrogens with zero attached hydrogens (tertiary/aromatic N) is 2. The minimum Gasteiger partial charge on any atom is -0.508 e. The predicted octanol–water partition coefficient (Wildman–Crippen LogP) is 2.82. The maximum atomic E-state index is 9.30. The van der Waals surface area contributed by atoms with Gasteiger partial charge < -0.3 is 14.9 Å². The Bertz CT molecular complexity index is 604. The lowest BCUT2D eigenvalue weighted by molar-refractivity contribution is 0.146. The second-order valence-electron chi connectivity index (χ2n) is 6.37. The fourth-order valence-corrected chi connectivity index (χ4v) is 2.89. The maximum absolute atomic E-state index is 9.30. The summed E-state index contributed by atoms with van der Waals surface area (Å²) in [4.78, 5) is 4.54. The number of hydrogen-bond acceptors (Lipinski definition) is 5. The first-order chi connectivity index (χ1) is 10.0. The molecule has 1 aromatic carbocycles. The van der Waals surface area contributed by atoms with Crippen molar-refractivity contribution in [3.63, 3.8) is 0 Å². The zero-order chi connectivity index (χ0) is 14.9. The molecular formula is C16H21N3O2. The minimum atomic E-state index is 0.118. The fraction of sp³-hybridized carbons (Fsp3) is 0.500. The third-order valence-electron chi connectivity index (χ3n) is 4.16. The Morgan fingerprint density at radius 3 is 2.81 bits per heavy atom. The lowest BCUT2D eigenvalue weighted by Gasteiger charge is -2.36. The van der Waals surface area contributed by atoms with Crippen LogP contribution in [0.25, 0.3) is 0 Å². The average molecular weight is 287 g/mol. The molecule has 0 spiro atoms. The van der Waals surface area contributed by atoms with E-state index in [2.05, 4.69) is 29.3 Å². The molecule has 5 heteroatoms. The lowest BCUT2D eigenvalue weighted by Crippen LogP contribution is -2.39. The molecule has 2 heterocycles. The fourth-order valence-electron chi connectivity index (χ4n) is 2.89. The zero-order valence-corrected chi connectivity index (χ0v) is 12.5. The Labute approximate surface area is 124 Å². The number of benzene rings is 1. The number of aromatic hydroxyl groups is 1. The molecule has 5 nitrogen and oxygen atoms in total. The van der Waals surface area contributed by atoms with Crippen molar-refractivity contribution in [3.8, 4) is 5.75 Å². The Hall–Kier alpha value is -1.88. The van der Waals surface area contributed by atoms with E-state index >= 15 is 0 Å². The van der Waals surface area contributed by atoms with E-state index in [-0.39, 0.29) is 17.2 Å². The van der Waals surface area contributed by atoms with Gasteiger partial charge in [0.25, 0.3) is 0 Å². The van der Waals surface area contributed by atoms with Crippen LogP contribution in [0.4, 0.5) is 0 Å². The molecule has 0 aliphatic carbocycles. The molecular weight excluding hydrogens is 266 g/mol. The van der Waals surface area contributed by atoms with Crippen molar-refractivity contribution in [2.45, 2.75) is 39.2 Å². The number of rotatable bonds is 3. The van der Waals surface area contributed by atoms with Crippen LogP contribution in [0.5, 0.6) is 5.75 Å². The van der Waals surface area contributed by atoms with Gasteiger partial charge in [-0.2, -0.15) is 4.98 Å². The van der Waals surface area contributed by atoms with Crippen LogP contribution >= 0.6 is 0 Å². The van der Waals surface area contributed by atoms with Gasteiger partial charge in [-0.3, -0.25) is 0 Å². The maximum Gasteiger partial charge on any atom is 0.244 e. The predicted molar refractivity (Wildman–Crippen MR) is 79.0 cm³/mol. The van der Waals surface area contributed by atoms with E-state index in [0.717, 1.165) is 18.5 Å². The summed E-state index contributed by atoms with van der Waals surface area (Å²) in [6, 6.07) is 7.19. The lowest BCUT2D eigenvalue weighted by atomic mass is 9.77. The molecule has 1 aliphatic heterocycles. The molecule has 112 valence electrons. The molecule has 2 aromatic rings. The minimum absolute atomic E-state index is 0.118. The highest BCUT2D eigenvalue weighted by Gasteiger charge is 2.36. The highest BCUT2D eigenvalue weighted by Crippen LogP contribution is 2.39. The van der Waals surface area contributed by atoms with Gasteiger partial charge in [0.2, 0.25) is 5.89 Å². The van der Waals surface area contributed by atoms with Crippen molar-refractivity contribution in [2.24, 2.45) is 5.41 Å². The van der Waals surface area contributed by atoms with E-state index in [1.807, 2.05) is 12.1 Å². The van der Waals surface area contributed by atoms with Gasteiger partial charge in [-0.25, -0.2) is 0 Å². The van der Waals surface area contributed by atoms with Gasteiger partial charge in [0, 0.05) is 6.42 Å². The highest BCUT2D eigenvalue weighted by atomic mass is 16.5. The molecule has 1 aliphatic rings. The van der Waals surface area contributed by atoms with E-state index in [0.29, 0.717) is 18.1 Å². The number of piperidine rings is 1. The summed E-state index contributed by atoms with van der Waals surface area (Å²) in [6.07, 6.45) is 2.94. The van der Waals surface area contributed by atoms with Crippen LogP contribution in [-0.2, 0) is 6.42 Å². The van der Waals surface area contributed by atoms with E-state index < -0.39 is 0 Å². The van der Waals surface area contributed by atoms with E-state index in [9.17, 15) is 5.11 Å². The largest absolute Gasteiger partial charge is 0.508 e. The van der Waals surface area contributed by atoms with Gasteiger partial charge in [0.05, 0.1) is 6.04 Å². The van der Waals surface area contributed by atoms with Crippen molar-refractivity contribution in [1.82, 2.24) is 15.5 Å². The zero-order valence-electron chi connectivity index (χ0n) is 12.5. The smallest absolute Gasteiger partial charge is 0.244 e. The van der Waals surface area contributed by atoms with E-state index in [4.69, 9.17) is 4.52 Å². The summed E-state index contributed by atoms with van der Waals surface area (Å²) in [5.74, 6) is 1.62. The molecule has 0 radical (unpaired) electrons. The van der Waals surface area contributed by atoms with Crippen LogP contribution in [-0.4, -0.2) is 21.8 Å². The number of phenols is 1. The molecule has 0 saturated carbocycles.